The Bertz CT molecular complexity index is 270. The molecular formula is C12H22N2O2. The van der Waals surface area contributed by atoms with Crippen LogP contribution in [0.15, 0.2) is 0 Å². The van der Waals surface area contributed by atoms with Gasteiger partial charge in [0.1, 0.15) is 6.04 Å². The number of hydrogen-bond donors (Lipinski definition) is 0. The van der Waals surface area contributed by atoms with Gasteiger partial charge >= 0.3 is 5.97 Å². The highest BCUT2D eigenvalue weighted by atomic mass is 16.5. The number of ether oxygens (including phenoxy) is 1. The van der Waals surface area contributed by atoms with Gasteiger partial charge in [-0.25, -0.2) is 0 Å². The summed E-state index contributed by atoms with van der Waals surface area (Å²) in [6.07, 6.45) is 3.77. The second-order valence-electron chi connectivity index (χ2n) is 5.03. The number of carbonyl (C=O) groups is 1. The highest BCUT2D eigenvalue weighted by molar-refractivity contribution is 5.75. The highest BCUT2D eigenvalue weighted by Gasteiger charge is 2.37. The zero-order valence-electron chi connectivity index (χ0n) is 10.5. The smallest absolute Gasteiger partial charge is 0.322 e. The van der Waals surface area contributed by atoms with Crippen molar-refractivity contribution in [2.24, 2.45) is 0 Å². The minimum Gasteiger partial charge on any atom is -0.468 e. The van der Waals surface area contributed by atoms with Crippen molar-refractivity contribution in [2.45, 2.75) is 44.3 Å². The van der Waals surface area contributed by atoms with Gasteiger partial charge < -0.3 is 4.74 Å². The minimum atomic E-state index is -0.111. The Morgan fingerprint density at radius 1 is 1.31 bits per heavy atom. The molecule has 0 saturated carbocycles. The number of likely N-dealkylation sites (N-methyl/N-ethyl adjacent to an activating group) is 1. The van der Waals surface area contributed by atoms with Crippen LogP contribution in [-0.4, -0.2) is 61.1 Å². The van der Waals surface area contributed by atoms with Gasteiger partial charge in [0.25, 0.3) is 0 Å². The molecule has 2 rings (SSSR count). The molecule has 0 aromatic rings. The Hall–Kier alpha value is -0.610. The number of fused-ring (bicyclic) bond motifs is 2. The molecule has 0 aromatic heterocycles. The van der Waals surface area contributed by atoms with Crippen LogP contribution in [0, 0.1) is 0 Å². The quantitative estimate of drug-likeness (QED) is 0.649. The van der Waals surface area contributed by atoms with Crippen molar-refractivity contribution >= 4 is 5.97 Å². The van der Waals surface area contributed by atoms with Crippen LogP contribution in [0.4, 0.5) is 0 Å². The summed E-state index contributed by atoms with van der Waals surface area (Å²) in [7, 11) is 3.68. The van der Waals surface area contributed by atoms with E-state index < -0.39 is 0 Å². The lowest BCUT2D eigenvalue weighted by atomic mass is 10.1. The Kier molecular flexibility index (Phi) is 3.50. The first-order chi connectivity index (χ1) is 7.63. The van der Waals surface area contributed by atoms with Crippen molar-refractivity contribution in [3.05, 3.63) is 0 Å². The molecule has 0 amide bonds. The summed E-state index contributed by atoms with van der Waals surface area (Å²) < 4.78 is 4.82. The zero-order valence-corrected chi connectivity index (χ0v) is 10.5. The van der Waals surface area contributed by atoms with E-state index >= 15 is 0 Å². The molecule has 0 N–H and O–H groups in total. The lowest BCUT2D eigenvalue weighted by molar-refractivity contribution is -0.146. The largest absolute Gasteiger partial charge is 0.468 e. The fraction of sp³-hybridized carbons (Fsp3) is 0.917. The van der Waals surface area contributed by atoms with E-state index in [0.29, 0.717) is 6.04 Å². The third-order valence-electron chi connectivity index (χ3n) is 4.27. The van der Waals surface area contributed by atoms with Crippen LogP contribution in [0.5, 0.6) is 0 Å². The molecule has 2 heterocycles. The van der Waals surface area contributed by atoms with Crippen molar-refractivity contribution in [1.82, 2.24) is 9.80 Å². The van der Waals surface area contributed by atoms with Crippen LogP contribution >= 0.6 is 0 Å². The maximum absolute atomic E-state index is 11.5. The van der Waals surface area contributed by atoms with Gasteiger partial charge in [-0.2, -0.15) is 0 Å². The van der Waals surface area contributed by atoms with E-state index in [-0.39, 0.29) is 12.0 Å². The minimum absolute atomic E-state index is 0.0993. The molecule has 2 saturated heterocycles. The summed E-state index contributed by atoms with van der Waals surface area (Å²) in [5.74, 6) is -0.111. The molecule has 0 radical (unpaired) electrons. The zero-order chi connectivity index (χ0) is 11.7. The van der Waals surface area contributed by atoms with Gasteiger partial charge in [-0.15, -0.1) is 0 Å². The van der Waals surface area contributed by atoms with Crippen molar-refractivity contribution in [2.75, 3.05) is 27.2 Å². The lowest BCUT2D eigenvalue weighted by Gasteiger charge is -2.29. The van der Waals surface area contributed by atoms with Crippen molar-refractivity contribution in [1.29, 1.82) is 0 Å². The molecule has 0 aromatic carbocycles. The first-order valence-corrected chi connectivity index (χ1v) is 6.17. The predicted octanol–water partition coefficient (Wildman–Crippen LogP) is 0.716. The van der Waals surface area contributed by atoms with E-state index in [1.54, 1.807) is 0 Å². The Balaban J connectivity index is 2.00. The first-order valence-electron chi connectivity index (χ1n) is 6.17. The lowest BCUT2D eigenvalue weighted by Crippen LogP contribution is -2.44. The second kappa shape index (κ2) is 4.72. The number of nitrogens with zero attached hydrogens (tertiary/aromatic N) is 2. The molecule has 0 spiro atoms. The van der Waals surface area contributed by atoms with Crippen LogP contribution in [0.2, 0.25) is 0 Å². The van der Waals surface area contributed by atoms with E-state index in [9.17, 15) is 4.79 Å². The second-order valence-corrected chi connectivity index (χ2v) is 5.03. The van der Waals surface area contributed by atoms with Gasteiger partial charge in [0.15, 0.2) is 0 Å². The van der Waals surface area contributed by atoms with Gasteiger partial charge in [-0.05, 0) is 33.2 Å². The third-order valence-corrected chi connectivity index (χ3v) is 4.27. The van der Waals surface area contributed by atoms with Crippen LogP contribution < -0.4 is 0 Å². The van der Waals surface area contributed by atoms with Crippen molar-refractivity contribution in [3.8, 4) is 0 Å². The maximum atomic E-state index is 11.5. The van der Waals surface area contributed by atoms with E-state index in [1.165, 1.54) is 26.4 Å². The highest BCUT2D eigenvalue weighted by Crippen LogP contribution is 2.29. The van der Waals surface area contributed by atoms with Gasteiger partial charge in [-0.1, -0.05) is 0 Å². The summed E-state index contributed by atoms with van der Waals surface area (Å²) in [5.41, 5.74) is 0. The summed E-state index contributed by atoms with van der Waals surface area (Å²) in [4.78, 5) is 16.3. The number of methoxy groups -OCH3 is 1. The van der Waals surface area contributed by atoms with E-state index in [4.69, 9.17) is 4.74 Å². The molecule has 2 bridgehead atoms. The SMILES string of the molecule is COC(=O)C(C)N1CCC2CCC(C1)N2C. The van der Waals surface area contributed by atoms with Gasteiger partial charge in [0, 0.05) is 25.2 Å². The summed E-state index contributed by atoms with van der Waals surface area (Å²) >= 11 is 0. The molecule has 4 nitrogen and oxygen atoms in total. The number of carbonyl (C=O) groups excluding carboxylic acids is 1. The summed E-state index contributed by atoms with van der Waals surface area (Å²) in [5, 5.41) is 0. The van der Waals surface area contributed by atoms with E-state index in [1.807, 2.05) is 6.92 Å². The summed E-state index contributed by atoms with van der Waals surface area (Å²) in [6.45, 7) is 3.97. The molecule has 3 unspecified atom stereocenters. The molecule has 4 heteroatoms. The molecule has 2 aliphatic rings. The molecule has 3 atom stereocenters. The standard InChI is InChI=1S/C12H22N2O2/c1-9(12(15)16-3)14-7-6-10-4-5-11(8-14)13(10)2/h9-11H,4-8H2,1-3H3. The van der Waals surface area contributed by atoms with E-state index in [0.717, 1.165) is 19.1 Å². The predicted molar refractivity (Wildman–Crippen MR) is 62.2 cm³/mol. The Labute approximate surface area is 97.5 Å². The number of likely N-dealkylation sites (tertiary alicyclic amines) is 1. The molecule has 2 aliphatic heterocycles. The number of esters is 1. The fourth-order valence-electron chi connectivity index (χ4n) is 3.01. The van der Waals surface area contributed by atoms with Gasteiger partial charge in [0.05, 0.1) is 7.11 Å². The molecular weight excluding hydrogens is 204 g/mol. The molecule has 92 valence electrons. The molecule has 0 aliphatic carbocycles. The number of rotatable bonds is 2. The topological polar surface area (TPSA) is 32.8 Å². The maximum Gasteiger partial charge on any atom is 0.322 e. The van der Waals surface area contributed by atoms with Crippen molar-refractivity contribution < 1.29 is 9.53 Å². The Morgan fingerprint density at radius 3 is 2.69 bits per heavy atom. The average Bonchev–Trinajstić information content (AvgIpc) is 2.51. The van der Waals surface area contributed by atoms with Crippen LogP contribution in [0.1, 0.15) is 26.2 Å². The normalized spacial score (nSPS) is 33.4. The number of hydrogen-bond acceptors (Lipinski definition) is 4. The molecule has 16 heavy (non-hydrogen) atoms. The van der Waals surface area contributed by atoms with Gasteiger partial charge in [0.2, 0.25) is 0 Å². The van der Waals surface area contributed by atoms with Crippen molar-refractivity contribution in [3.63, 3.8) is 0 Å². The first kappa shape index (κ1) is 11.9. The summed E-state index contributed by atoms with van der Waals surface area (Å²) in [6, 6.07) is 1.25. The van der Waals surface area contributed by atoms with Crippen LogP contribution in [-0.2, 0) is 9.53 Å². The monoisotopic (exact) mass is 226 g/mol. The Morgan fingerprint density at radius 2 is 2.00 bits per heavy atom. The third kappa shape index (κ3) is 2.09. The van der Waals surface area contributed by atoms with Crippen LogP contribution in [0.3, 0.4) is 0 Å². The van der Waals surface area contributed by atoms with Crippen LogP contribution in [0.25, 0.3) is 0 Å². The molecule has 2 fully saturated rings. The fourth-order valence-corrected chi connectivity index (χ4v) is 3.01. The average molecular weight is 226 g/mol. The van der Waals surface area contributed by atoms with Gasteiger partial charge in [-0.3, -0.25) is 14.6 Å². The van der Waals surface area contributed by atoms with E-state index in [2.05, 4.69) is 16.8 Å².